The van der Waals surface area contributed by atoms with E-state index in [4.69, 9.17) is 4.74 Å². The number of imidazole rings is 1. The van der Waals surface area contributed by atoms with Crippen LogP contribution in [0.15, 0.2) is 59.3 Å². The molecule has 0 aliphatic rings. The first-order valence-corrected chi connectivity index (χ1v) is 7.58. The molecule has 0 unspecified atom stereocenters. The monoisotopic (exact) mass is 359 g/mol. The summed E-state index contributed by atoms with van der Waals surface area (Å²) in [5.74, 6) is 0. The molecular formula is C16H14BrN3O2. The summed E-state index contributed by atoms with van der Waals surface area (Å²) < 4.78 is 8.02. The average molecular weight is 360 g/mol. The van der Waals surface area contributed by atoms with Crippen LogP contribution in [0.3, 0.4) is 0 Å². The minimum Gasteiger partial charge on any atom is -0.445 e. The number of benzene rings is 1. The highest BCUT2D eigenvalue weighted by molar-refractivity contribution is 9.10. The van der Waals surface area contributed by atoms with Crippen LogP contribution in [0, 0.1) is 0 Å². The number of fused-ring (bicyclic) bond motifs is 1. The van der Waals surface area contributed by atoms with Gasteiger partial charge in [-0.2, -0.15) is 0 Å². The van der Waals surface area contributed by atoms with Crippen LogP contribution < -0.4 is 5.32 Å². The molecule has 0 saturated heterocycles. The van der Waals surface area contributed by atoms with Crippen molar-refractivity contribution in [2.45, 2.75) is 13.2 Å². The molecule has 0 bridgehead atoms. The van der Waals surface area contributed by atoms with Gasteiger partial charge in [-0.25, -0.2) is 9.78 Å². The number of rotatable bonds is 4. The minimum absolute atomic E-state index is 0.255. The zero-order valence-corrected chi connectivity index (χ0v) is 13.3. The first-order valence-electron chi connectivity index (χ1n) is 6.78. The van der Waals surface area contributed by atoms with E-state index in [1.807, 2.05) is 59.3 Å². The summed E-state index contributed by atoms with van der Waals surface area (Å²) in [5, 5.41) is 2.70. The Kier molecular flexibility index (Phi) is 4.39. The van der Waals surface area contributed by atoms with Crippen molar-refractivity contribution in [2.75, 3.05) is 0 Å². The summed E-state index contributed by atoms with van der Waals surface area (Å²) in [6.45, 7) is 0.581. The highest BCUT2D eigenvalue weighted by atomic mass is 79.9. The third-order valence-corrected chi connectivity index (χ3v) is 3.56. The van der Waals surface area contributed by atoms with Gasteiger partial charge in [-0.05, 0) is 33.6 Å². The standard InChI is InChI=1S/C16H14BrN3O2/c17-13-6-7-15-19-14(10-20(15)9-13)8-18-16(21)22-11-12-4-2-1-3-5-12/h1-7,9-10H,8,11H2,(H,18,21). The number of hydrogen-bond donors (Lipinski definition) is 1. The van der Waals surface area contributed by atoms with Crippen molar-refractivity contribution in [3.8, 4) is 0 Å². The molecule has 5 nitrogen and oxygen atoms in total. The number of nitrogens with zero attached hydrogens (tertiary/aromatic N) is 2. The van der Waals surface area contributed by atoms with Crippen LogP contribution in [0.2, 0.25) is 0 Å². The fraction of sp³-hybridized carbons (Fsp3) is 0.125. The van der Waals surface area contributed by atoms with E-state index in [2.05, 4.69) is 26.2 Å². The van der Waals surface area contributed by atoms with Crippen molar-refractivity contribution in [1.29, 1.82) is 0 Å². The molecule has 0 aliphatic carbocycles. The van der Waals surface area contributed by atoms with Gasteiger partial charge < -0.3 is 14.5 Å². The molecule has 1 N–H and O–H groups in total. The Bertz CT molecular complexity index is 786. The van der Waals surface area contributed by atoms with Crippen molar-refractivity contribution in [1.82, 2.24) is 14.7 Å². The molecule has 0 fully saturated rings. The summed E-state index contributed by atoms with van der Waals surface area (Å²) in [5.41, 5.74) is 2.56. The molecule has 112 valence electrons. The number of nitrogens with one attached hydrogen (secondary N) is 1. The van der Waals surface area contributed by atoms with Gasteiger partial charge in [0.15, 0.2) is 0 Å². The van der Waals surface area contributed by atoms with Crippen molar-refractivity contribution in [3.63, 3.8) is 0 Å². The van der Waals surface area contributed by atoms with Crippen molar-refractivity contribution < 1.29 is 9.53 Å². The largest absolute Gasteiger partial charge is 0.445 e. The number of amides is 1. The number of alkyl carbamates (subject to hydrolysis) is 1. The topological polar surface area (TPSA) is 55.6 Å². The van der Waals surface area contributed by atoms with Gasteiger partial charge in [0.25, 0.3) is 0 Å². The van der Waals surface area contributed by atoms with Gasteiger partial charge in [-0.1, -0.05) is 30.3 Å². The Morgan fingerprint density at radius 1 is 1.18 bits per heavy atom. The maximum atomic E-state index is 11.7. The first kappa shape index (κ1) is 14.6. The number of ether oxygens (including phenoxy) is 1. The predicted molar refractivity (Wildman–Crippen MR) is 86.4 cm³/mol. The van der Waals surface area contributed by atoms with Gasteiger partial charge in [0.05, 0.1) is 12.2 Å². The Labute approximate surface area is 136 Å². The van der Waals surface area contributed by atoms with E-state index >= 15 is 0 Å². The van der Waals surface area contributed by atoms with E-state index in [-0.39, 0.29) is 6.61 Å². The predicted octanol–water partition coefficient (Wildman–Crippen LogP) is 3.52. The Morgan fingerprint density at radius 3 is 2.82 bits per heavy atom. The molecule has 2 heterocycles. The van der Waals surface area contributed by atoms with Gasteiger partial charge in [0.1, 0.15) is 12.3 Å². The number of carbonyl (C=O) groups is 1. The lowest BCUT2D eigenvalue weighted by Crippen LogP contribution is -2.23. The lowest BCUT2D eigenvalue weighted by atomic mass is 10.2. The molecule has 0 atom stereocenters. The molecule has 0 spiro atoms. The maximum absolute atomic E-state index is 11.7. The highest BCUT2D eigenvalue weighted by Gasteiger charge is 2.06. The second-order valence-electron chi connectivity index (χ2n) is 4.76. The van der Waals surface area contributed by atoms with Gasteiger partial charge in [0.2, 0.25) is 0 Å². The van der Waals surface area contributed by atoms with Gasteiger partial charge in [-0.15, -0.1) is 0 Å². The third kappa shape index (κ3) is 3.65. The summed E-state index contributed by atoms with van der Waals surface area (Å²) in [4.78, 5) is 16.1. The number of carbonyl (C=O) groups excluding carboxylic acids is 1. The number of halogens is 1. The minimum atomic E-state index is -0.456. The van der Waals surface area contributed by atoms with Crippen LogP contribution in [-0.2, 0) is 17.9 Å². The van der Waals surface area contributed by atoms with Crippen LogP contribution in [0.1, 0.15) is 11.3 Å². The maximum Gasteiger partial charge on any atom is 0.407 e. The molecule has 6 heteroatoms. The molecule has 2 aromatic heterocycles. The van der Waals surface area contributed by atoms with E-state index < -0.39 is 6.09 Å². The third-order valence-electron chi connectivity index (χ3n) is 3.09. The number of hydrogen-bond acceptors (Lipinski definition) is 3. The lowest BCUT2D eigenvalue weighted by molar-refractivity contribution is 0.139. The molecule has 1 aromatic carbocycles. The van der Waals surface area contributed by atoms with E-state index in [9.17, 15) is 4.79 Å². The summed E-state index contributed by atoms with van der Waals surface area (Å²) in [6, 6.07) is 13.4. The number of pyridine rings is 1. The fourth-order valence-corrected chi connectivity index (χ4v) is 2.39. The first-order chi connectivity index (χ1) is 10.7. The van der Waals surface area contributed by atoms with E-state index in [0.717, 1.165) is 21.4 Å². The van der Waals surface area contributed by atoms with Gasteiger partial charge in [0, 0.05) is 16.9 Å². The average Bonchev–Trinajstić information content (AvgIpc) is 2.94. The van der Waals surface area contributed by atoms with Crippen molar-refractivity contribution in [3.05, 3.63) is 70.6 Å². The molecule has 3 aromatic rings. The Balaban J connectivity index is 1.53. The zero-order chi connectivity index (χ0) is 15.4. The fourth-order valence-electron chi connectivity index (χ4n) is 2.04. The van der Waals surface area contributed by atoms with E-state index in [1.165, 1.54) is 0 Å². The van der Waals surface area contributed by atoms with Crippen LogP contribution in [0.4, 0.5) is 4.79 Å². The van der Waals surface area contributed by atoms with Crippen LogP contribution >= 0.6 is 15.9 Å². The number of aromatic nitrogens is 2. The quantitative estimate of drug-likeness (QED) is 0.775. The molecule has 22 heavy (non-hydrogen) atoms. The van der Waals surface area contributed by atoms with Crippen LogP contribution in [-0.4, -0.2) is 15.5 Å². The summed E-state index contributed by atoms with van der Waals surface area (Å²) >= 11 is 3.41. The zero-order valence-electron chi connectivity index (χ0n) is 11.7. The van der Waals surface area contributed by atoms with Crippen LogP contribution in [0.25, 0.3) is 5.65 Å². The SMILES string of the molecule is O=C(NCc1cn2cc(Br)ccc2n1)OCc1ccccc1. The van der Waals surface area contributed by atoms with Gasteiger partial charge in [-0.3, -0.25) is 0 Å². The highest BCUT2D eigenvalue weighted by Crippen LogP contribution is 2.12. The smallest absolute Gasteiger partial charge is 0.407 e. The van der Waals surface area contributed by atoms with E-state index in [0.29, 0.717) is 6.54 Å². The van der Waals surface area contributed by atoms with Crippen LogP contribution in [0.5, 0.6) is 0 Å². The second-order valence-corrected chi connectivity index (χ2v) is 5.68. The molecule has 0 saturated carbocycles. The molecule has 3 rings (SSSR count). The summed E-state index contributed by atoms with van der Waals surface area (Å²) in [6.07, 6.45) is 3.33. The lowest BCUT2D eigenvalue weighted by Gasteiger charge is -2.05. The van der Waals surface area contributed by atoms with Crippen molar-refractivity contribution in [2.24, 2.45) is 0 Å². The van der Waals surface area contributed by atoms with E-state index in [1.54, 1.807) is 0 Å². The normalized spacial score (nSPS) is 10.6. The molecule has 0 aliphatic heterocycles. The van der Waals surface area contributed by atoms with Gasteiger partial charge >= 0.3 is 6.09 Å². The molecule has 1 amide bonds. The summed E-state index contributed by atoms with van der Waals surface area (Å²) in [7, 11) is 0. The Hall–Kier alpha value is -2.34. The van der Waals surface area contributed by atoms with Crippen molar-refractivity contribution >= 4 is 27.7 Å². The molecule has 0 radical (unpaired) electrons. The molecular weight excluding hydrogens is 346 g/mol. The Morgan fingerprint density at radius 2 is 2.00 bits per heavy atom. The second kappa shape index (κ2) is 6.62.